The van der Waals surface area contributed by atoms with Crippen molar-refractivity contribution >= 4 is 0 Å². The second kappa shape index (κ2) is 4.22. The zero-order valence-electron chi connectivity index (χ0n) is 9.74. The van der Waals surface area contributed by atoms with Crippen molar-refractivity contribution in [3.8, 4) is 0 Å². The van der Waals surface area contributed by atoms with Crippen LogP contribution in [-0.2, 0) is 11.3 Å². The Morgan fingerprint density at radius 3 is 3.00 bits per heavy atom. The molecule has 16 heavy (non-hydrogen) atoms. The van der Waals surface area contributed by atoms with Crippen LogP contribution in [0.1, 0.15) is 37.2 Å². The maximum absolute atomic E-state index is 5.83. The monoisotopic (exact) mass is 221 g/mol. The second-order valence-corrected chi connectivity index (χ2v) is 5.06. The maximum Gasteiger partial charge on any atom is 0.117 e. The van der Waals surface area contributed by atoms with Crippen molar-refractivity contribution in [2.45, 2.75) is 38.3 Å². The molecule has 3 atom stereocenters. The summed E-state index contributed by atoms with van der Waals surface area (Å²) < 4.78 is 11.2. The first-order chi connectivity index (χ1) is 7.83. The molecule has 0 spiro atoms. The molecule has 1 N–H and O–H groups in total. The lowest BCUT2D eigenvalue weighted by Gasteiger charge is -2.08. The Morgan fingerprint density at radius 1 is 1.44 bits per heavy atom. The lowest BCUT2D eigenvalue weighted by molar-refractivity contribution is 0.189. The third-order valence-corrected chi connectivity index (χ3v) is 3.65. The summed E-state index contributed by atoms with van der Waals surface area (Å²) >= 11 is 0. The molecule has 0 radical (unpaired) electrons. The topological polar surface area (TPSA) is 34.4 Å². The lowest BCUT2D eigenvalue weighted by Crippen LogP contribution is -2.28. The van der Waals surface area contributed by atoms with E-state index in [2.05, 4.69) is 24.4 Å². The Labute approximate surface area is 96.2 Å². The van der Waals surface area contributed by atoms with Crippen molar-refractivity contribution in [3.05, 3.63) is 23.7 Å². The molecule has 1 aliphatic heterocycles. The van der Waals surface area contributed by atoms with Gasteiger partial charge in [0.05, 0.1) is 13.2 Å². The molecule has 2 fully saturated rings. The van der Waals surface area contributed by atoms with Gasteiger partial charge in [0.1, 0.15) is 11.5 Å². The maximum atomic E-state index is 5.83. The van der Waals surface area contributed by atoms with Crippen LogP contribution in [0.15, 0.2) is 16.5 Å². The van der Waals surface area contributed by atoms with Crippen molar-refractivity contribution in [3.63, 3.8) is 0 Å². The number of rotatable bonds is 4. The first kappa shape index (κ1) is 10.4. The molecule has 1 aliphatic carbocycles. The number of hydrogen-bond donors (Lipinski definition) is 1. The normalized spacial score (nSPS) is 33.2. The quantitative estimate of drug-likeness (QED) is 0.847. The molecule has 2 aliphatic rings. The number of hydrogen-bond acceptors (Lipinski definition) is 3. The highest BCUT2D eigenvalue weighted by atomic mass is 16.5. The first-order valence-electron chi connectivity index (χ1n) is 6.22. The number of furan rings is 1. The average molecular weight is 221 g/mol. The Bertz CT molecular complexity index is 355. The average Bonchev–Trinajstić information content (AvgIpc) is 2.80. The number of ether oxygens (including phenoxy) is 1. The minimum Gasteiger partial charge on any atom is -0.464 e. The van der Waals surface area contributed by atoms with Gasteiger partial charge in [-0.3, -0.25) is 0 Å². The molecule has 3 nitrogen and oxygen atoms in total. The van der Waals surface area contributed by atoms with Gasteiger partial charge in [0.25, 0.3) is 0 Å². The van der Waals surface area contributed by atoms with Gasteiger partial charge in [-0.05, 0) is 30.9 Å². The van der Waals surface area contributed by atoms with Gasteiger partial charge in [-0.1, -0.05) is 6.92 Å². The molecule has 0 aromatic carbocycles. The van der Waals surface area contributed by atoms with Crippen molar-refractivity contribution in [1.29, 1.82) is 0 Å². The van der Waals surface area contributed by atoms with Crippen molar-refractivity contribution in [2.24, 2.45) is 5.92 Å². The van der Waals surface area contributed by atoms with E-state index in [1.807, 2.05) is 0 Å². The van der Waals surface area contributed by atoms with Crippen LogP contribution in [0.25, 0.3) is 0 Å². The fourth-order valence-electron chi connectivity index (χ4n) is 2.35. The largest absolute Gasteiger partial charge is 0.464 e. The van der Waals surface area contributed by atoms with Crippen LogP contribution in [0, 0.1) is 5.92 Å². The summed E-state index contributed by atoms with van der Waals surface area (Å²) in [6, 6.07) is 4.74. The van der Waals surface area contributed by atoms with Crippen LogP contribution >= 0.6 is 0 Å². The van der Waals surface area contributed by atoms with E-state index >= 15 is 0 Å². The predicted molar refractivity (Wildman–Crippen MR) is 61.3 cm³/mol. The summed E-state index contributed by atoms with van der Waals surface area (Å²) in [5, 5.41) is 3.46. The van der Waals surface area contributed by atoms with E-state index in [1.165, 1.54) is 12.2 Å². The molecule has 3 rings (SSSR count). The summed E-state index contributed by atoms with van der Waals surface area (Å²) in [5.74, 6) is 3.73. The molecule has 0 bridgehead atoms. The third-order valence-electron chi connectivity index (χ3n) is 3.65. The standard InChI is InChI=1S/C13H19NO2/c1-9-6-12(9)13-3-2-11(16-13)7-14-10-4-5-15-8-10/h2-3,9-10,12,14H,4-8H2,1H3. The molecule has 1 aromatic heterocycles. The summed E-state index contributed by atoms with van der Waals surface area (Å²) in [5.41, 5.74) is 0. The Hall–Kier alpha value is -0.800. The number of nitrogens with one attached hydrogen (secondary N) is 1. The summed E-state index contributed by atoms with van der Waals surface area (Å²) in [6.07, 6.45) is 2.41. The van der Waals surface area contributed by atoms with Crippen LogP contribution < -0.4 is 5.32 Å². The van der Waals surface area contributed by atoms with Gasteiger partial charge in [-0.25, -0.2) is 0 Å². The van der Waals surface area contributed by atoms with E-state index in [9.17, 15) is 0 Å². The molecule has 88 valence electrons. The van der Waals surface area contributed by atoms with Gasteiger partial charge in [-0.2, -0.15) is 0 Å². The molecular formula is C13H19NO2. The highest BCUT2D eigenvalue weighted by Gasteiger charge is 2.36. The summed E-state index contributed by atoms with van der Waals surface area (Å²) in [6.45, 7) is 4.84. The van der Waals surface area contributed by atoms with Crippen LogP contribution in [0.5, 0.6) is 0 Å². The van der Waals surface area contributed by atoms with E-state index in [-0.39, 0.29) is 0 Å². The van der Waals surface area contributed by atoms with E-state index in [4.69, 9.17) is 9.15 Å². The van der Waals surface area contributed by atoms with Crippen LogP contribution in [-0.4, -0.2) is 19.3 Å². The molecule has 1 saturated carbocycles. The second-order valence-electron chi connectivity index (χ2n) is 5.06. The fraction of sp³-hybridized carbons (Fsp3) is 0.692. The van der Waals surface area contributed by atoms with E-state index in [0.717, 1.165) is 37.9 Å². The lowest BCUT2D eigenvalue weighted by atomic mass is 10.2. The molecule has 3 heteroatoms. The van der Waals surface area contributed by atoms with Crippen molar-refractivity contribution in [1.82, 2.24) is 5.32 Å². The van der Waals surface area contributed by atoms with Crippen LogP contribution in [0.2, 0.25) is 0 Å². The van der Waals surface area contributed by atoms with Gasteiger partial charge in [-0.15, -0.1) is 0 Å². The summed E-state index contributed by atoms with van der Waals surface area (Å²) in [7, 11) is 0. The highest BCUT2D eigenvalue weighted by molar-refractivity contribution is 5.17. The Kier molecular flexibility index (Phi) is 2.74. The van der Waals surface area contributed by atoms with Gasteiger partial charge in [0, 0.05) is 18.6 Å². The van der Waals surface area contributed by atoms with E-state index in [0.29, 0.717) is 12.0 Å². The third kappa shape index (κ3) is 2.15. The smallest absolute Gasteiger partial charge is 0.117 e. The molecular weight excluding hydrogens is 202 g/mol. The first-order valence-corrected chi connectivity index (χ1v) is 6.22. The molecule has 1 aromatic rings. The Balaban J connectivity index is 1.52. The predicted octanol–water partition coefficient (Wildman–Crippen LogP) is 2.28. The van der Waals surface area contributed by atoms with Crippen molar-refractivity contribution < 1.29 is 9.15 Å². The SMILES string of the molecule is CC1CC1c1ccc(CNC2CCOC2)o1. The molecule has 3 unspecified atom stereocenters. The minimum absolute atomic E-state index is 0.508. The minimum atomic E-state index is 0.508. The zero-order chi connectivity index (χ0) is 11.0. The van der Waals surface area contributed by atoms with Crippen LogP contribution in [0.4, 0.5) is 0 Å². The summed E-state index contributed by atoms with van der Waals surface area (Å²) in [4.78, 5) is 0. The molecule has 2 heterocycles. The molecule has 0 amide bonds. The van der Waals surface area contributed by atoms with Crippen LogP contribution in [0.3, 0.4) is 0 Å². The van der Waals surface area contributed by atoms with E-state index < -0.39 is 0 Å². The molecule has 1 saturated heterocycles. The van der Waals surface area contributed by atoms with Crippen molar-refractivity contribution in [2.75, 3.05) is 13.2 Å². The fourth-order valence-corrected chi connectivity index (χ4v) is 2.35. The van der Waals surface area contributed by atoms with Gasteiger partial charge in [0.15, 0.2) is 0 Å². The van der Waals surface area contributed by atoms with Gasteiger partial charge >= 0.3 is 0 Å². The van der Waals surface area contributed by atoms with Gasteiger partial charge < -0.3 is 14.5 Å². The highest BCUT2D eigenvalue weighted by Crippen LogP contribution is 2.47. The zero-order valence-corrected chi connectivity index (χ0v) is 9.74. The van der Waals surface area contributed by atoms with E-state index in [1.54, 1.807) is 0 Å². The Morgan fingerprint density at radius 2 is 2.31 bits per heavy atom. The van der Waals surface area contributed by atoms with Gasteiger partial charge in [0.2, 0.25) is 0 Å².